The molecule has 1 N–H and O–H groups in total. The van der Waals surface area contributed by atoms with E-state index in [2.05, 4.69) is 44.3 Å². The normalized spacial score (nSPS) is 16.8. The predicted molar refractivity (Wildman–Crippen MR) is 75.9 cm³/mol. The van der Waals surface area contributed by atoms with E-state index in [1.54, 1.807) is 0 Å². The third-order valence-electron chi connectivity index (χ3n) is 3.49. The van der Waals surface area contributed by atoms with Crippen molar-refractivity contribution in [2.75, 3.05) is 19.8 Å². The Morgan fingerprint density at radius 2 is 1.89 bits per heavy atom. The minimum atomic E-state index is 0.396. The van der Waals surface area contributed by atoms with Crippen LogP contribution in [0.3, 0.4) is 0 Å². The van der Waals surface area contributed by atoms with E-state index < -0.39 is 0 Å². The van der Waals surface area contributed by atoms with Crippen molar-refractivity contribution in [2.24, 2.45) is 5.92 Å². The van der Waals surface area contributed by atoms with Crippen LogP contribution in [0.4, 0.5) is 0 Å². The lowest BCUT2D eigenvalue weighted by Crippen LogP contribution is -2.23. The van der Waals surface area contributed by atoms with Gasteiger partial charge in [-0.1, -0.05) is 29.3 Å². The summed E-state index contributed by atoms with van der Waals surface area (Å²) in [6.07, 6.45) is 2.73. The van der Waals surface area contributed by atoms with E-state index in [1.165, 1.54) is 29.5 Å². The fourth-order valence-electron chi connectivity index (χ4n) is 2.26. The van der Waals surface area contributed by atoms with E-state index in [-0.39, 0.29) is 0 Å². The molecule has 0 saturated heterocycles. The van der Waals surface area contributed by atoms with Crippen LogP contribution in [-0.2, 0) is 4.74 Å². The minimum absolute atomic E-state index is 0.396. The van der Waals surface area contributed by atoms with Gasteiger partial charge in [0.1, 0.15) is 0 Å². The molecular formula is C16H25NO. The van der Waals surface area contributed by atoms with Crippen LogP contribution in [0.25, 0.3) is 0 Å². The molecule has 0 amide bonds. The number of ether oxygens (including phenoxy) is 1. The van der Waals surface area contributed by atoms with Crippen molar-refractivity contribution >= 4 is 0 Å². The Kier molecular flexibility index (Phi) is 4.79. The Morgan fingerprint density at radius 3 is 2.50 bits per heavy atom. The standard InChI is InChI=1S/C16H25NO/c1-12-8-13(2)10-16(9-12)14(3)17-6-7-18-11-15-4-5-15/h8-10,14-15,17H,4-7,11H2,1-3H3. The van der Waals surface area contributed by atoms with Crippen LogP contribution in [0.2, 0.25) is 0 Å². The van der Waals surface area contributed by atoms with Gasteiger partial charge in [0.25, 0.3) is 0 Å². The van der Waals surface area contributed by atoms with Crippen molar-refractivity contribution in [3.8, 4) is 0 Å². The molecule has 2 heteroatoms. The highest BCUT2D eigenvalue weighted by Crippen LogP contribution is 2.28. The third-order valence-corrected chi connectivity index (χ3v) is 3.49. The summed E-state index contributed by atoms with van der Waals surface area (Å²) < 4.78 is 5.63. The monoisotopic (exact) mass is 247 g/mol. The first-order valence-electron chi connectivity index (χ1n) is 7.04. The van der Waals surface area contributed by atoms with Crippen LogP contribution in [0.15, 0.2) is 18.2 Å². The fraction of sp³-hybridized carbons (Fsp3) is 0.625. The molecule has 1 aliphatic carbocycles. The van der Waals surface area contributed by atoms with Crippen LogP contribution in [0.5, 0.6) is 0 Å². The summed E-state index contributed by atoms with van der Waals surface area (Å²) in [5.41, 5.74) is 4.04. The summed E-state index contributed by atoms with van der Waals surface area (Å²) in [7, 11) is 0. The van der Waals surface area contributed by atoms with Gasteiger partial charge in [-0.15, -0.1) is 0 Å². The summed E-state index contributed by atoms with van der Waals surface area (Å²) in [5.74, 6) is 0.863. The van der Waals surface area contributed by atoms with Gasteiger partial charge in [0.2, 0.25) is 0 Å². The predicted octanol–water partition coefficient (Wildman–Crippen LogP) is 3.38. The van der Waals surface area contributed by atoms with E-state index in [9.17, 15) is 0 Å². The zero-order valence-electron chi connectivity index (χ0n) is 11.8. The zero-order valence-corrected chi connectivity index (χ0v) is 11.8. The van der Waals surface area contributed by atoms with E-state index >= 15 is 0 Å². The quantitative estimate of drug-likeness (QED) is 0.746. The van der Waals surface area contributed by atoms with Gasteiger partial charge in [0.15, 0.2) is 0 Å². The summed E-state index contributed by atoms with van der Waals surface area (Å²) in [4.78, 5) is 0. The van der Waals surface area contributed by atoms with Crippen molar-refractivity contribution in [1.29, 1.82) is 0 Å². The molecule has 2 nitrogen and oxygen atoms in total. The van der Waals surface area contributed by atoms with Gasteiger partial charge < -0.3 is 10.1 Å². The number of rotatable bonds is 7. The van der Waals surface area contributed by atoms with Crippen molar-refractivity contribution < 1.29 is 4.74 Å². The van der Waals surface area contributed by atoms with Gasteiger partial charge in [0, 0.05) is 19.2 Å². The van der Waals surface area contributed by atoms with Crippen molar-refractivity contribution in [3.63, 3.8) is 0 Å². The van der Waals surface area contributed by atoms with Crippen molar-refractivity contribution in [2.45, 2.75) is 39.7 Å². The molecule has 1 aliphatic rings. The second-order valence-corrected chi connectivity index (χ2v) is 5.62. The maximum absolute atomic E-state index is 5.63. The van der Waals surface area contributed by atoms with Gasteiger partial charge in [-0.2, -0.15) is 0 Å². The van der Waals surface area contributed by atoms with Gasteiger partial charge in [-0.25, -0.2) is 0 Å². The Balaban J connectivity index is 1.70. The molecule has 1 fully saturated rings. The molecule has 1 saturated carbocycles. The van der Waals surface area contributed by atoms with Gasteiger partial charge in [-0.3, -0.25) is 0 Å². The minimum Gasteiger partial charge on any atom is -0.380 e. The number of benzene rings is 1. The molecule has 1 unspecified atom stereocenters. The van der Waals surface area contributed by atoms with Gasteiger partial charge in [0.05, 0.1) is 6.61 Å². The molecule has 0 aromatic heterocycles. The van der Waals surface area contributed by atoms with Crippen LogP contribution >= 0.6 is 0 Å². The Hall–Kier alpha value is -0.860. The lowest BCUT2D eigenvalue weighted by molar-refractivity contribution is 0.124. The third kappa shape index (κ3) is 4.43. The average Bonchev–Trinajstić information content (AvgIpc) is 3.11. The van der Waals surface area contributed by atoms with Gasteiger partial charge >= 0.3 is 0 Å². The lowest BCUT2D eigenvalue weighted by atomic mass is 10.0. The number of hydrogen-bond acceptors (Lipinski definition) is 2. The summed E-state index contributed by atoms with van der Waals surface area (Å²) in [6, 6.07) is 7.13. The molecule has 1 atom stereocenters. The Bertz CT molecular complexity index is 364. The molecule has 0 spiro atoms. The Labute approximate surface area is 111 Å². The molecule has 1 aromatic rings. The Morgan fingerprint density at radius 1 is 1.22 bits per heavy atom. The maximum Gasteiger partial charge on any atom is 0.0591 e. The van der Waals surface area contributed by atoms with Gasteiger partial charge in [-0.05, 0) is 45.1 Å². The van der Waals surface area contributed by atoms with Crippen molar-refractivity contribution in [3.05, 3.63) is 34.9 Å². The summed E-state index contributed by atoms with van der Waals surface area (Å²) in [6.45, 7) is 9.24. The number of nitrogens with one attached hydrogen (secondary N) is 1. The van der Waals surface area contributed by atoms with E-state index in [4.69, 9.17) is 4.74 Å². The zero-order chi connectivity index (χ0) is 13.0. The largest absolute Gasteiger partial charge is 0.380 e. The molecule has 100 valence electrons. The van der Waals surface area contributed by atoms with E-state index in [0.717, 1.165) is 25.7 Å². The summed E-state index contributed by atoms with van der Waals surface area (Å²) >= 11 is 0. The van der Waals surface area contributed by atoms with Crippen LogP contribution in [0, 0.1) is 19.8 Å². The molecule has 18 heavy (non-hydrogen) atoms. The first-order chi connectivity index (χ1) is 8.65. The molecule has 1 aromatic carbocycles. The molecular weight excluding hydrogens is 222 g/mol. The van der Waals surface area contributed by atoms with Crippen LogP contribution in [0.1, 0.15) is 42.5 Å². The SMILES string of the molecule is Cc1cc(C)cc(C(C)NCCOCC2CC2)c1. The van der Waals surface area contributed by atoms with Crippen LogP contribution < -0.4 is 5.32 Å². The highest BCUT2D eigenvalue weighted by atomic mass is 16.5. The summed E-state index contributed by atoms with van der Waals surface area (Å²) in [5, 5.41) is 3.52. The lowest BCUT2D eigenvalue weighted by Gasteiger charge is -2.15. The topological polar surface area (TPSA) is 21.3 Å². The number of aryl methyl sites for hydroxylation is 2. The second-order valence-electron chi connectivity index (χ2n) is 5.62. The smallest absolute Gasteiger partial charge is 0.0591 e. The second kappa shape index (κ2) is 6.35. The highest BCUT2D eigenvalue weighted by molar-refractivity contribution is 5.30. The molecule has 0 radical (unpaired) electrons. The highest BCUT2D eigenvalue weighted by Gasteiger charge is 2.20. The molecule has 0 heterocycles. The average molecular weight is 247 g/mol. The molecule has 0 bridgehead atoms. The first-order valence-corrected chi connectivity index (χ1v) is 7.04. The maximum atomic E-state index is 5.63. The molecule has 0 aliphatic heterocycles. The van der Waals surface area contributed by atoms with Crippen LogP contribution in [-0.4, -0.2) is 19.8 Å². The fourth-order valence-corrected chi connectivity index (χ4v) is 2.26. The first kappa shape index (κ1) is 13.6. The van der Waals surface area contributed by atoms with Crippen molar-refractivity contribution in [1.82, 2.24) is 5.32 Å². The van der Waals surface area contributed by atoms with E-state index in [0.29, 0.717) is 6.04 Å². The van der Waals surface area contributed by atoms with E-state index in [1.807, 2.05) is 0 Å². The number of hydrogen-bond donors (Lipinski definition) is 1. The molecule has 2 rings (SSSR count).